The molecule has 5 amide bonds. The van der Waals surface area contributed by atoms with E-state index in [4.69, 9.17) is 22.9 Å². The highest BCUT2D eigenvalue weighted by atomic mass is 19.1. The van der Waals surface area contributed by atoms with E-state index in [1.54, 1.807) is 18.3 Å². The van der Waals surface area contributed by atoms with Crippen LogP contribution in [0, 0.1) is 5.82 Å². The number of carbonyl (C=O) groups is 5. The monoisotopic (exact) mass is 692 g/mol. The molecule has 0 unspecified atom stereocenters. The van der Waals surface area contributed by atoms with Crippen LogP contribution in [0.15, 0.2) is 65.8 Å². The van der Waals surface area contributed by atoms with E-state index in [2.05, 4.69) is 25.9 Å². The largest absolute Gasteiger partial charge is 0.508 e. The van der Waals surface area contributed by atoms with Gasteiger partial charge in [-0.25, -0.2) is 4.39 Å². The van der Waals surface area contributed by atoms with Gasteiger partial charge in [0.15, 0.2) is 5.96 Å². The number of nitrogens with one attached hydrogen (secondary N) is 4. The Kier molecular flexibility index (Phi) is 12.5. The van der Waals surface area contributed by atoms with Crippen molar-refractivity contribution in [2.24, 2.45) is 27.9 Å². The average Bonchev–Trinajstić information content (AvgIpc) is 3.72. The molecule has 17 heteroatoms. The summed E-state index contributed by atoms with van der Waals surface area (Å²) in [5.41, 5.74) is 24.5. The first-order valence-corrected chi connectivity index (χ1v) is 15.8. The van der Waals surface area contributed by atoms with Gasteiger partial charge in [-0.1, -0.05) is 24.3 Å². The lowest BCUT2D eigenvalue weighted by Gasteiger charge is -2.28. The number of nitrogens with zero attached hydrogens (tertiary/aromatic N) is 2. The number of carbonyl (C=O) groups excluding carboxylic acids is 5. The number of nitrogens with two attached hydrogens (primary N) is 4. The van der Waals surface area contributed by atoms with Gasteiger partial charge in [-0.05, 0) is 60.7 Å². The number of hydrogen-bond acceptors (Lipinski definition) is 8. The van der Waals surface area contributed by atoms with E-state index in [0.717, 1.165) is 0 Å². The third-order valence-corrected chi connectivity index (χ3v) is 8.05. The molecule has 2 aromatic carbocycles. The maximum absolute atomic E-state index is 13.4. The fraction of sp³-hybridized carbons (Fsp3) is 0.333. The van der Waals surface area contributed by atoms with E-state index in [0.29, 0.717) is 22.0 Å². The summed E-state index contributed by atoms with van der Waals surface area (Å²) in [6.45, 7) is -0.291. The molecule has 0 spiro atoms. The van der Waals surface area contributed by atoms with Crippen LogP contribution in [0.25, 0.3) is 10.9 Å². The van der Waals surface area contributed by atoms with Crippen molar-refractivity contribution in [2.75, 3.05) is 19.6 Å². The number of aromatic amines is 1. The summed E-state index contributed by atoms with van der Waals surface area (Å²) in [5, 5.41) is 18.1. The minimum atomic E-state index is -1.16. The molecule has 1 aliphatic heterocycles. The maximum atomic E-state index is 13.4. The van der Waals surface area contributed by atoms with Crippen molar-refractivity contribution >= 4 is 46.4 Å². The predicted molar refractivity (Wildman–Crippen MR) is 182 cm³/mol. The van der Waals surface area contributed by atoms with Gasteiger partial charge in [-0.15, -0.1) is 0 Å². The number of aliphatic imine (C=N–C) groups is 1. The van der Waals surface area contributed by atoms with Crippen molar-refractivity contribution < 1.29 is 33.5 Å². The fourth-order valence-electron chi connectivity index (χ4n) is 5.49. The summed E-state index contributed by atoms with van der Waals surface area (Å²) < 4.78 is 13.3. The van der Waals surface area contributed by atoms with Crippen LogP contribution in [-0.2, 0) is 36.8 Å². The molecule has 4 rings (SSSR count). The minimum Gasteiger partial charge on any atom is -0.508 e. The first kappa shape index (κ1) is 36.9. The third kappa shape index (κ3) is 10.0. The zero-order chi connectivity index (χ0) is 36.4. The van der Waals surface area contributed by atoms with Gasteiger partial charge < -0.3 is 53.9 Å². The molecule has 16 nitrogen and oxygen atoms in total. The number of phenolic OH excluding ortho intramolecular Hbond substituents is 1. The Labute approximate surface area is 286 Å². The molecule has 266 valence electrons. The first-order chi connectivity index (χ1) is 23.8. The van der Waals surface area contributed by atoms with Gasteiger partial charge >= 0.3 is 0 Å². The molecule has 1 aromatic heterocycles. The second-order valence-corrected chi connectivity index (χ2v) is 11.8. The van der Waals surface area contributed by atoms with Crippen molar-refractivity contribution in [1.82, 2.24) is 25.8 Å². The predicted octanol–water partition coefficient (Wildman–Crippen LogP) is -1.48. The molecule has 0 radical (unpaired) electrons. The Bertz CT molecular complexity index is 1770. The highest BCUT2D eigenvalue weighted by Gasteiger charge is 2.35. The highest BCUT2D eigenvalue weighted by Crippen LogP contribution is 2.24. The van der Waals surface area contributed by atoms with E-state index in [1.807, 2.05) is 0 Å². The van der Waals surface area contributed by atoms with Gasteiger partial charge in [0.05, 0.1) is 12.6 Å². The van der Waals surface area contributed by atoms with Crippen LogP contribution >= 0.6 is 0 Å². The standard InChI is InChI=1S/C33H41FN10O6/c34-20-7-5-18(6-8-20)13-23(35)32(50)44-12-2-4-27(44)31(49)43-25(3-1-11-39-33(37)38)30(48)41-17-28(46)42-26(29(36)47)14-19-16-40-24-10-9-21(45)15-22(19)24/h2,4-10,15-16,23,25-27,40,45H,1,3,11-14,17,35H2,(H2,36,47)(H,41,48)(H,42,46)(H,43,49)(H4,37,38,39)/t23-,25-,26-,27-/m0/s1. The molecular weight excluding hydrogens is 651 g/mol. The molecular formula is C33H41FN10O6. The normalized spacial score (nSPS) is 15.6. The van der Waals surface area contributed by atoms with Crippen molar-refractivity contribution in [2.45, 2.75) is 49.9 Å². The first-order valence-electron chi connectivity index (χ1n) is 15.8. The summed E-state index contributed by atoms with van der Waals surface area (Å²) in [4.78, 5) is 73.1. The van der Waals surface area contributed by atoms with Gasteiger partial charge in [0.25, 0.3) is 0 Å². The number of amides is 5. The number of fused-ring (bicyclic) bond motifs is 1. The number of benzene rings is 2. The Morgan fingerprint density at radius 2 is 1.76 bits per heavy atom. The molecule has 0 saturated carbocycles. The molecule has 0 aliphatic carbocycles. The van der Waals surface area contributed by atoms with E-state index < -0.39 is 66.1 Å². The minimum absolute atomic E-state index is 0.0135. The fourth-order valence-corrected chi connectivity index (χ4v) is 5.49. The Hall–Kier alpha value is -5.97. The quantitative estimate of drug-likeness (QED) is 0.0366. The summed E-state index contributed by atoms with van der Waals surface area (Å²) in [6, 6.07) is 5.86. The molecule has 4 atom stereocenters. The van der Waals surface area contributed by atoms with Crippen LogP contribution in [0.1, 0.15) is 24.0 Å². The molecule has 3 aromatic rings. The molecule has 50 heavy (non-hydrogen) atoms. The maximum Gasteiger partial charge on any atom is 0.247 e. The van der Waals surface area contributed by atoms with Gasteiger partial charge in [-0.2, -0.15) is 0 Å². The zero-order valence-electron chi connectivity index (χ0n) is 27.1. The van der Waals surface area contributed by atoms with E-state index in [9.17, 15) is 33.5 Å². The number of H-pyrrole nitrogens is 1. The number of phenols is 1. The van der Waals surface area contributed by atoms with Gasteiger partial charge in [0, 0.05) is 36.6 Å². The molecule has 13 N–H and O–H groups in total. The lowest BCUT2D eigenvalue weighted by atomic mass is 10.0. The highest BCUT2D eigenvalue weighted by molar-refractivity contribution is 5.96. The van der Waals surface area contributed by atoms with E-state index in [-0.39, 0.29) is 50.5 Å². The number of primary amides is 1. The number of aromatic nitrogens is 1. The van der Waals surface area contributed by atoms with Crippen molar-refractivity contribution in [3.63, 3.8) is 0 Å². The van der Waals surface area contributed by atoms with Crippen LogP contribution in [0.5, 0.6) is 5.75 Å². The lowest BCUT2D eigenvalue weighted by molar-refractivity contribution is -0.139. The molecule has 0 saturated heterocycles. The molecule has 1 aliphatic rings. The smallest absolute Gasteiger partial charge is 0.247 e. The second kappa shape index (κ2) is 16.9. The van der Waals surface area contributed by atoms with Crippen molar-refractivity contribution in [3.05, 3.63) is 77.8 Å². The Balaban J connectivity index is 1.37. The van der Waals surface area contributed by atoms with Crippen LogP contribution in [0.2, 0.25) is 0 Å². The number of guanidine groups is 1. The number of rotatable bonds is 16. The SMILES string of the molecule is NC(=O)[C@H](Cc1c[nH]c2ccc(O)cc12)NC(=O)CNC(=O)[C@H](CCCN=C(N)N)NC(=O)[C@@H]1C=CCN1C(=O)[C@@H](N)Cc1ccc(F)cc1. The van der Waals surface area contributed by atoms with Gasteiger partial charge in [0.2, 0.25) is 29.5 Å². The number of halogens is 1. The molecule has 2 heterocycles. The van der Waals surface area contributed by atoms with Crippen molar-refractivity contribution in [3.8, 4) is 5.75 Å². The lowest BCUT2D eigenvalue weighted by Crippen LogP contribution is -2.56. The Morgan fingerprint density at radius 3 is 2.46 bits per heavy atom. The van der Waals surface area contributed by atoms with Crippen LogP contribution in [-0.4, -0.2) is 94.3 Å². The summed E-state index contributed by atoms with van der Waals surface area (Å²) in [6.07, 6.45) is 5.25. The summed E-state index contributed by atoms with van der Waals surface area (Å²) in [7, 11) is 0. The van der Waals surface area contributed by atoms with Crippen LogP contribution in [0.4, 0.5) is 4.39 Å². The Morgan fingerprint density at radius 1 is 1.02 bits per heavy atom. The van der Waals surface area contributed by atoms with Gasteiger partial charge in [-0.3, -0.25) is 29.0 Å². The van der Waals surface area contributed by atoms with Crippen LogP contribution in [0.3, 0.4) is 0 Å². The van der Waals surface area contributed by atoms with Gasteiger partial charge in [0.1, 0.15) is 29.7 Å². The van der Waals surface area contributed by atoms with E-state index in [1.165, 1.54) is 47.4 Å². The number of aromatic hydroxyl groups is 1. The second-order valence-electron chi connectivity index (χ2n) is 11.8. The number of hydrogen-bond donors (Lipinski definition) is 9. The average molecular weight is 693 g/mol. The topological polar surface area (TPSA) is 277 Å². The molecule has 0 fully saturated rings. The zero-order valence-corrected chi connectivity index (χ0v) is 27.1. The van der Waals surface area contributed by atoms with Crippen molar-refractivity contribution in [1.29, 1.82) is 0 Å². The van der Waals surface area contributed by atoms with Crippen LogP contribution < -0.4 is 38.9 Å². The van der Waals surface area contributed by atoms with E-state index >= 15 is 0 Å². The third-order valence-electron chi connectivity index (χ3n) is 8.05. The molecule has 0 bridgehead atoms. The summed E-state index contributed by atoms with van der Waals surface area (Å²) >= 11 is 0. The summed E-state index contributed by atoms with van der Waals surface area (Å²) in [5.74, 6) is -3.98.